The standard InChI is InChI=1S/C25H30N4O3/c1-3-28(2)16-18-8-6-7-17(13-18)14-26-22(30)15-27-24(31)23-20-9-4-5-10-21(20)25(32)29(23)19-11-12-19/h4-10,13,19,23H,3,11-12,14-16H2,1-2H3,(H,26,30)(H,27,31). The molecule has 32 heavy (non-hydrogen) atoms. The monoisotopic (exact) mass is 434 g/mol. The van der Waals surface area contributed by atoms with E-state index in [0.29, 0.717) is 12.1 Å². The van der Waals surface area contributed by atoms with Crippen molar-refractivity contribution >= 4 is 17.7 Å². The normalized spacial score (nSPS) is 17.4. The van der Waals surface area contributed by atoms with Crippen LogP contribution in [0.4, 0.5) is 0 Å². The lowest BCUT2D eigenvalue weighted by Crippen LogP contribution is -2.43. The van der Waals surface area contributed by atoms with E-state index in [9.17, 15) is 14.4 Å². The van der Waals surface area contributed by atoms with Crippen molar-refractivity contribution in [3.63, 3.8) is 0 Å². The number of rotatable bonds is 9. The predicted molar refractivity (Wildman–Crippen MR) is 122 cm³/mol. The lowest BCUT2D eigenvalue weighted by atomic mass is 10.0. The molecule has 1 aliphatic heterocycles. The first-order valence-corrected chi connectivity index (χ1v) is 11.2. The molecule has 1 heterocycles. The van der Waals surface area contributed by atoms with Crippen molar-refractivity contribution in [1.29, 1.82) is 0 Å². The second kappa shape index (κ2) is 9.53. The number of carbonyl (C=O) groups excluding carboxylic acids is 3. The lowest BCUT2D eigenvalue weighted by molar-refractivity contribution is -0.129. The third-order valence-electron chi connectivity index (χ3n) is 6.08. The molecule has 1 aliphatic carbocycles. The Hall–Kier alpha value is -3.19. The van der Waals surface area contributed by atoms with Gasteiger partial charge in [0.05, 0.1) is 6.54 Å². The number of benzene rings is 2. The van der Waals surface area contributed by atoms with Gasteiger partial charge in [-0.3, -0.25) is 14.4 Å². The Morgan fingerprint density at radius 3 is 2.56 bits per heavy atom. The van der Waals surface area contributed by atoms with Crippen LogP contribution in [0.25, 0.3) is 0 Å². The van der Waals surface area contributed by atoms with Crippen LogP contribution in [0.2, 0.25) is 0 Å². The van der Waals surface area contributed by atoms with Crippen LogP contribution in [0.5, 0.6) is 0 Å². The van der Waals surface area contributed by atoms with Crippen LogP contribution in [-0.2, 0) is 22.7 Å². The van der Waals surface area contributed by atoms with E-state index in [0.717, 1.165) is 37.1 Å². The summed E-state index contributed by atoms with van der Waals surface area (Å²) in [6, 6.07) is 14.8. The van der Waals surface area contributed by atoms with Gasteiger partial charge in [-0.05, 0) is 49.2 Å². The second-order valence-electron chi connectivity index (χ2n) is 8.58. The zero-order valence-corrected chi connectivity index (χ0v) is 18.6. The van der Waals surface area contributed by atoms with E-state index in [1.165, 1.54) is 5.56 Å². The molecule has 0 radical (unpaired) electrons. The summed E-state index contributed by atoms with van der Waals surface area (Å²) in [5, 5.41) is 5.59. The Labute approximate surface area is 188 Å². The fraction of sp³-hybridized carbons (Fsp3) is 0.400. The molecule has 1 fully saturated rings. The Bertz CT molecular complexity index is 1020. The molecule has 0 spiro atoms. The molecule has 0 saturated heterocycles. The molecule has 7 heteroatoms. The zero-order chi connectivity index (χ0) is 22.7. The van der Waals surface area contributed by atoms with Crippen LogP contribution in [0, 0.1) is 0 Å². The van der Waals surface area contributed by atoms with Crippen LogP contribution in [0.1, 0.15) is 52.9 Å². The molecule has 1 saturated carbocycles. The molecule has 3 amide bonds. The second-order valence-corrected chi connectivity index (χ2v) is 8.58. The average Bonchev–Trinajstić information content (AvgIpc) is 3.60. The summed E-state index contributed by atoms with van der Waals surface area (Å²) in [6.45, 7) is 4.21. The highest BCUT2D eigenvalue weighted by Crippen LogP contribution is 2.41. The van der Waals surface area contributed by atoms with E-state index >= 15 is 0 Å². The van der Waals surface area contributed by atoms with Crippen molar-refractivity contribution in [3.8, 4) is 0 Å². The predicted octanol–water partition coefficient (Wildman–Crippen LogP) is 2.23. The van der Waals surface area contributed by atoms with Gasteiger partial charge in [-0.1, -0.05) is 49.4 Å². The molecule has 2 N–H and O–H groups in total. The van der Waals surface area contributed by atoms with Crippen LogP contribution in [0.15, 0.2) is 48.5 Å². The summed E-state index contributed by atoms with van der Waals surface area (Å²) in [7, 11) is 2.07. The smallest absolute Gasteiger partial charge is 0.255 e. The van der Waals surface area contributed by atoms with Crippen molar-refractivity contribution in [2.24, 2.45) is 0 Å². The minimum absolute atomic E-state index is 0.0960. The van der Waals surface area contributed by atoms with Gasteiger partial charge in [0.25, 0.3) is 5.91 Å². The van der Waals surface area contributed by atoms with Crippen molar-refractivity contribution in [2.75, 3.05) is 20.1 Å². The fourth-order valence-electron chi connectivity index (χ4n) is 4.12. The molecule has 2 aromatic rings. The molecule has 0 aromatic heterocycles. The molecule has 1 atom stereocenters. The Morgan fingerprint density at radius 2 is 1.81 bits per heavy atom. The van der Waals surface area contributed by atoms with Crippen LogP contribution in [0.3, 0.4) is 0 Å². The SMILES string of the molecule is CCN(C)Cc1cccc(CNC(=O)CNC(=O)C2c3ccccc3C(=O)N2C2CC2)c1. The molecule has 0 bridgehead atoms. The first-order valence-electron chi connectivity index (χ1n) is 11.2. The molecule has 4 rings (SSSR count). The van der Waals surface area contributed by atoms with Gasteiger partial charge in [-0.2, -0.15) is 0 Å². The molecule has 7 nitrogen and oxygen atoms in total. The van der Waals surface area contributed by atoms with Gasteiger partial charge in [0.1, 0.15) is 6.04 Å². The molecule has 168 valence electrons. The van der Waals surface area contributed by atoms with Crippen molar-refractivity contribution in [2.45, 2.75) is 44.9 Å². The van der Waals surface area contributed by atoms with E-state index in [2.05, 4.69) is 41.6 Å². The van der Waals surface area contributed by atoms with E-state index in [4.69, 9.17) is 0 Å². The summed E-state index contributed by atoms with van der Waals surface area (Å²) in [4.78, 5) is 42.0. The van der Waals surface area contributed by atoms with Gasteiger partial charge >= 0.3 is 0 Å². The summed E-state index contributed by atoms with van der Waals surface area (Å²) in [6.07, 6.45) is 1.83. The number of nitrogens with zero attached hydrogens (tertiary/aromatic N) is 2. The van der Waals surface area contributed by atoms with Gasteiger partial charge in [-0.15, -0.1) is 0 Å². The van der Waals surface area contributed by atoms with E-state index < -0.39 is 6.04 Å². The number of fused-ring (bicyclic) bond motifs is 1. The summed E-state index contributed by atoms with van der Waals surface area (Å²) in [5.74, 6) is -0.665. The highest BCUT2D eigenvalue weighted by Gasteiger charge is 2.47. The fourth-order valence-corrected chi connectivity index (χ4v) is 4.12. The van der Waals surface area contributed by atoms with Crippen molar-refractivity contribution in [1.82, 2.24) is 20.4 Å². The molecule has 1 unspecified atom stereocenters. The number of hydrogen-bond donors (Lipinski definition) is 2. The lowest BCUT2D eigenvalue weighted by Gasteiger charge is -2.24. The molecule has 2 aliphatic rings. The Kier molecular flexibility index (Phi) is 6.55. The summed E-state index contributed by atoms with van der Waals surface area (Å²) < 4.78 is 0. The van der Waals surface area contributed by atoms with Crippen molar-refractivity contribution < 1.29 is 14.4 Å². The minimum Gasteiger partial charge on any atom is -0.350 e. The maximum atomic E-state index is 13.0. The molecular weight excluding hydrogens is 404 g/mol. The number of hydrogen-bond acceptors (Lipinski definition) is 4. The Balaban J connectivity index is 1.32. The van der Waals surface area contributed by atoms with Crippen LogP contribution >= 0.6 is 0 Å². The quantitative estimate of drug-likeness (QED) is 0.634. The number of carbonyl (C=O) groups is 3. The van der Waals surface area contributed by atoms with Gasteiger partial charge in [-0.25, -0.2) is 0 Å². The first kappa shape index (κ1) is 22.0. The van der Waals surface area contributed by atoms with Gasteiger partial charge in [0.2, 0.25) is 11.8 Å². The highest BCUT2D eigenvalue weighted by molar-refractivity contribution is 6.05. The van der Waals surface area contributed by atoms with Gasteiger partial charge in [0, 0.05) is 24.7 Å². The summed E-state index contributed by atoms with van der Waals surface area (Å²) in [5.41, 5.74) is 3.51. The Morgan fingerprint density at radius 1 is 1.06 bits per heavy atom. The van der Waals surface area contributed by atoms with E-state index in [1.807, 2.05) is 30.3 Å². The number of amides is 3. The van der Waals surface area contributed by atoms with Crippen LogP contribution < -0.4 is 10.6 Å². The highest BCUT2D eigenvalue weighted by atomic mass is 16.2. The van der Waals surface area contributed by atoms with E-state index in [-0.39, 0.29) is 30.3 Å². The van der Waals surface area contributed by atoms with Gasteiger partial charge in [0.15, 0.2) is 0 Å². The first-order chi connectivity index (χ1) is 15.5. The minimum atomic E-state index is -0.661. The van der Waals surface area contributed by atoms with Crippen molar-refractivity contribution in [3.05, 3.63) is 70.8 Å². The number of nitrogens with one attached hydrogen (secondary N) is 2. The summed E-state index contributed by atoms with van der Waals surface area (Å²) >= 11 is 0. The molecule has 2 aromatic carbocycles. The van der Waals surface area contributed by atoms with Gasteiger partial charge < -0.3 is 20.4 Å². The third kappa shape index (κ3) is 4.83. The van der Waals surface area contributed by atoms with Crippen LogP contribution in [-0.4, -0.2) is 53.7 Å². The average molecular weight is 435 g/mol. The molecular formula is C25H30N4O3. The maximum Gasteiger partial charge on any atom is 0.255 e. The topological polar surface area (TPSA) is 81.8 Å². The third-order valence-corrected chi connectivity index (χ3v) is 6.08. The maximum absolute atomic E-state index is 13.0. The largest absolute Gasteiger partial charge is 0.350 e. The zero-order valence-electron chi connectivity index (χ0n) is 18.6. The van der Waals surface area contributed by atoms with E-state index in [1.54, 1.807) is 11.0 Å².